The lowest BCUT2D eigenvalue weighted by atomic mass is 10.1. The van der Waals surface area contributed by atoms with Crippen molar-refractivity contribution in [2.75, 3.05) is 13.1 Å². The molecule has 2 amide bonds. The van der Waals surface area contributed by atoms with Gasteiger partial charge in [0.15, 0.2) is 0 Å². The molecule has 6 nitrogen and oxygen atoms in total. The first kappa shape index (κ1) is 11.5. The van der Waals surface area contributed by atoms with Gasteiger partial charge in [-0.25, -0.2) is 4.79 Å². The van der Waals surface area contributed by atoms with Gasteiger partial charge in [0, 0.05) is 25.2 Å². The third kappa shape index (κ3) is 2.77. The van der Waals surface area contributed by atoms with E-state index >= 15 is 0 Å². The van der Waals surface area contributed by atoms with Gasteiger partial charge in [0.05, 0.1) is 18.4 Å². The van der Waals surface area contributed by atoms with Crippen molar-refractivity contribution in [2.24, 2.45) is 5.92 Å². The van der Waals surface area contributed by atoms with Crippen LogP contribution in [0.5, 0.6) is 0 Å². The Kier molecular flexibility index (Phi) is 3.32. The zero-order chi connectivity index (χ0) is 12.3. The maximum atomic E-state index is 11.7. The highest BCUT2D eigenvalue weighted by Crippen LogP contribution is 2.16. The highest BCUT2D eigenvalue weighted by Gasteiger charge is 2.30. The minimum atomic E-state index is -0.838. The average Bonchev–Trinajstić information content (AvgIpc) is 2.96. The normalized spacial score (nSPS) is 19.3. The van der Waals surface area contributed by atoms with Crippen molar-refractivity contribution in [3.63, 3.8) is 0 Å². The Bertz CT molecular complexity index is 402. The number of hydrogen-bond donors (Lipinski definition) is 2. The number of furan rings is 1. The number of amides is 2. The molecule has 1 atom stereocenters. The number of likely N-dealkylation sites (tertiary alicyclic amines) is 1. The number of carbonyl (C=O) groups excluding carboxylic acids is 1. The van der Waals surface area contributed by atoms with Crippen molar-refractivity contribution in [2.45, 2.75) is 13.0 Å². The highest BCUT2D eigenvalue weighted by molar-refractivity contribution is 5.77. The van der Waals surface area contributed by atoms with Crippen LogP contribution in [0.3, 0.4) is 0 Å². The second-order valence-electron chi connectivity index (χ2n) is 4.06. The van der Waals surface area contributed by atoms with Crippen molar-refractivity contribution in [3.8, 4) is 0 Å². The molecule has 0 saturated carbocycles. The van der Waals surface area contributed by atoms with E-state index in [1.54, 1.807) is 12.3 Å². The van der Waals surface area contributed by atoms with Gasteiger partial charge in [0.25, 0.3) is 0 Å². The lowest BCUT2D eigenvalue weighted by molar-refractivity contribution is -0.141. The van der Waals surface area contributed by atoms with Crippen LogP contribution in [-0.4, -0.2) is 35.1 Å². The smallest absolute Gasteiger partial charge is 0.317 e. The number of carboxylic acid groups (broad SMARTS) is 1. The van der Waals surface area contributed by atoms with Crippen LogP contribution in [0.4, 0.5) is 4.79 Å². The van der Waals surface area contributed by atoms with E-state index in [0.29, 0.717) is 19.5 Å². The molecule has 92 valence electrons. The SMILES string of the molecule is O=C(O)C1CCN(C(=O)NCc2ccoc2)C1. The van der Waals surface area contributed by atoms with E-state index < -0.39 is 11.9 Å². The fourth-order valence-corrected chi connectivity index (χ4v) is 1.83. The van der Waals surface area contributed by atoms with Crippen LogP contribution in [0.1, 0.15) is 12.0 Å². The molecule has 1 aliphatic heterocycles. The maximum absolute atomic E-state index is 11.7. The monoisotopic (exact) mass is 238 g/mol. The largest absolute Gasteiger partial charge is 0.481 e. The number of carbonyl (C=O) groups is 2. The Hall–Kier alpha value is -1.98. The van der Waals surface area contributed by atoms with Crippen LogP contribution in [0.25, 0.3) is 0 Å². The Morgan fingerprint density at radius 3 is 3.00 bits per heavy atom. The standard InChI is InChI=1S/C11H14N2O4/c14-10(15)9-1-3-13(6-9)11(16)12-5-8-2-4-17-7-8/h2,4,7,9H,1,3,5-6H2,(H,12,16)(H,14,15). The molecule has 1 saturated heterocycles. The van der Waals surface area contributed by atoms with Crippen LogP contribution in [0.2, 0.25) is 0 Å². The second-order valence-corrected chi connectivity index (χ2v) is 4.06. The van der Waals surface area contributed by atoms with Crippen LogP contribution >= 0.6 is 0 Å². The summed E-state index contributed by atoms with van der Waals surface area (Å²) in [7, 11) is 0. The molecule has 1 aromatic rings. The lowest BCUT2D eigenvalue weighted by Crippen LogP contribution is -2.38. The van der Waals surface area contributed by atoms with Crippen LogP contribution in [0.15, 0.2) is 23.0 Å². The zero-order valence-corrected chi connectivity index (χ0v) is 9.26. The molecule has 0 spiro atoms. The zero-order valence-electron chi connectivity index (χ0n) is 9.26. The van der Waals surface area contributed by atoms with E-state index in [9.17, 15) is 9.59 Å². The molecule has 17 heavy (non-hydrogen) atoms. The molecule has 0 bridgehead atoms. The molecule has 2 heterocycles. The molecule has 1 fully saturated rings. The fraction of sp³-hybridized carbons (Fsp3) is 0.455. The van der Waals surface area contributed by atoms with E-state index in [2.05, 4.69) is 5.32 Å². The molecule has 1 aliphatic rings. The van der Waals surface area contributed by atoms with Gasteiger partial charge in [-0.05, 0) is 12.5 Å². The van der Waals surface area contributed by atoms with Gasteiger partial charge in [-0.3, -0.25) is 4.79 Å². The molecule has 6 heteroatoms. The molecule has 0 aliphatic carbocycles. The Morgan fingerprint density at radius 1 is 1.59 bits per heavy atom. The third-order valence-electron chi connectivity index (χ3n) is 2.85. The second kappa shape index (κ2) is 4.90. The number of aliphatic carboxylic acids is 1. The number of nitrogens with one attached hydrogen (secondary N) is 1. The molecule has 0 aromatic carbocycles. The van der Waals surface area contributed by atoms with Gasteiger partial charge >= 0.3 is 12.0 Å². The number of carboxylic acids is 1. The molecule has 0 radical (unpaired) electrons. The maximum Gasteiger partial charge on any atom is 0.317 e. The van der Waals surface area contributed by atoms with Gasteiger partial charge in [0.1, 0.15) is 0 Å². The quantitative estimate of drug-likeness (QED) is 0.819. The number of nitrogens with zero attached hydrogens (tertiary/aromatic N) is 1. The predicted molar refractivity (Wildman–Crippen MR) is 58.3 cm³/mol. The fourth-order valence-electron chi connectivity index (χ4n) is 1.83. The summed E-state index contributed by atoms with van der Waals surface area (Å²) in [5.74, 6) is -1.27. The summed E-state index contributed by atoms with van der Waals surface area (Å²) < 4.78 is 4.88. The van der Waals surface area contributed by atoms with Crippen molar-refractivity contribution < 1.29 is 19.1 Å². The van der Waals surface area contributed by atoms with Crippen LogP contribution in [-0.2, 0) is 11.3 Å². The van der Waals surface area contributed by atoms with Crippen LogP contribution in [0, 0.1) is 5.92 Å². The molecule has 1 aromatic heterocycles. The molecule has 2 N–H and O–H groups in total. The third-order valence-corrected chi connectivity index (χ3v) is 2.85. The lowest BCUT2D eigenvalue weighted by Gasteiger charge is -2.16. The van der Waals surface area contributed by atoms with Crippen molar-refractivity contribution in [3.05, 3.63) is 24.2 Å². The summed E-state index contributed by atoms with van der Waals surface area (Å²) in [5.41, 5.74) is 0.882. The molecular formula is C11H14N2O4. The minimum absolute atomic E-state index is 0.227. The van der Waals surface area contributed by atoms with Gasteiger partial charge in [-0.1, -0.05) is 0 Å². The number of rotatable bonds is 3. The molecule has 2 rings (SSSR count). The minimum Gasteiger partial charge on any atom is -0.481 e. The summed E-state index contributed by atoms with van der Waals surface area (Å²) in [5, 5.41) is 11.5. The van der Waals surface area contributed by atoms with E-state index in [1.807, 2.05) is 0 Å². The Balaban J connectivity index is 1.79. The summed E-state index contributed by atoms with van der Waals surface area (Å²) >= 11 is 0. The summed E-state index contributed by atoms with van der Waals surface area (Å²) in [6.07, 6.45) is 3.62. The molecule has 1 unspecified atom stereocenters. The first-order chi connectivity index (χ1) is 8.16. The van der Waals surface area contributed by atoms with E-state index in [1.165, 1.54) is 11.2 Å². The molecular weight excluding hydrogens is 224 g/mol. The number of urea groups is 1. The van der Waals surface area contributed by atoms with E-state index in [0.717, 1.165) is 5.56 Å². The van der Waals surface area contributed by atoms with E-state index in [-0.39, 0.29) is 12.6 Å². The first-order valence-electron chi connectivity index (χ1n) is 5.43. The van der Waals surface area contributed by atoms with Crippen molar-refractivity contribution >= 4 is 12.0 Å². The van der Waals surface area contributed by atoms with Gasteiger partial charge in [-0.15, -0.1) is 0 Å². The Labute approximate surface area is 98.2 Å². The summed E-state index contributed by atoms with van der Waals surface area (Å²) in [6.45, 7) is 1.17. The van der Waals surface area contributed by atoms with E-state index in [4.69, 9.17) is 9.52 Å². The summed E-state index contributed by atoms with van der Waals surface area (Å²) in [4.78, 5) is 24.0. The summed E-state index contributed by atoms with van der Waals surface area (Å²) in [6, 6.07) is 1.54. The van der Waals surface area contributed by atoms with Crippen molar-refractivity contribution in [1.29, 1.82) is 0 Å². The van der Waals surface area contributed by atoms with Gasteiger partial charge in [-0.2, -0.15) is 0 Å². The predicted octanol–water partition coefficient (Wildman–Crippen LogP) is 0.896. The average molecular weight is 238 g/mol. The highest BCUT2D eigenvalue weighted by atomic mass is 16.4. The van der Waals surface area contributed by atoms with Gasteiger partial charge in [0.2, 0.25) is 0 Å². The first-order valence-corrected chi connectivity index (χ1v) is 5.43. The van der Waals surface area contributed by atoms with Crippen molar-refractivity contribution in [1.82, 2.24) is 10.2 Å². The number of hydrogen-bond acceptors (Lipinski definition) is 3. The Morgan fingerprint density at radius 2 is 2.41 bits per heavy atom. The van der Waals surface area contributed by atoms with Gasteiger partial charge < -0.3 is 19.7 Å². The van der Waals surface area contributed by atoms with Crippen LogP contribution < -0.4 is 5.32 Å². The topological polar surface area (TPSA) is 82.8 Å².